The lowest BCUT2D eigenvalue weighted by Gasteiger charge is -2.32. The van der Waals surface area contributed by atoms with E-state index in [2.05, 4.69) is 10.4 Å². The minimum Gasteiger partial charge on any atom is -0.399 e. The molecule has 1 aromatic carbocycles. The molecule has 0 aliphatic carbocycles. The van der Waals surface area contributed by atoms with E-state index < -0.39 is 18.3 Å². The molecule has 1 aromatic heterocycles. The zero-order valence-electron chi connectivity index (χ0n) is 15.3. The molecular formula is C17H22BN3O4. The molecule has 132 valence electrons. The number of benzene rings is 1. The van der Waals surface area contributed by atoms with E-state index >= 15 is 0 Å². The van der Waals surface area contributed by atoms with Gasteiger partial charge in [-0.25, -0.2) is 0 Å². The molecule has 0 radical (unpaired) electrons. The van der Waals surface area contributed by atoms with Crippen LogP contribution in [0.1, 0.15) is 46.3 Å². The van der Waals surface area contributed by atoms with Crippen LogP contribution in [0, 0.1) is 0 Å². The second-order valence-corrected chi connectivity index (χ2v) is 7.33. The zero-order valence-corrected chi connectivity index (χ0v) is 15.3. The first-order valence-corrected chi connectivity index (χ1v) is 8.19. The van der Waals surface area contributed by atoms with Gasteiger partial charge in [-0.05, 0) is 45.3 Å². The first kappa shape index (κ1) is 17.6. The first-order chi connectivity index (χ1) is 11.5. The zero-order chi connectivity index (χ0) is 18.6. The highest BCUT2D eigenvalue weighted by molar-refractivity contribution is 6.62. The van der Waals surface area contributed by atoms with Crippen LogP contribution in [0.3, 0.4) is 0 Å². The average Bonchev–Trinajstić information content (AvgIpc) is 2.93. The Balaban J connectivity index is 2.08. The highest BCUT2D eigenvalue weighted by Gasteiger charge is 2.51. The van der Waals surface area contributed by atoms with Gasteiger partial charge in [0.05, 0.1) is 16.7 Å². The Morgan fingerprint density at radius 3 is 2.24 bits per heavy atom. The summed E-state index contributed by atoms with van der Waals surface area (Å²) in [4.78, 5) is 23.3. The number of carbonyl (C=O) groups is 2. The van der Waals surface area contributed by atoms with Crippen LogP contribution in [-0.2, 0) is 14.1 Å². The van der Waals surface area contributed by atoms with E-state index in [9.17, 15) is 9.59 Å². The molecule has 8 heteroatoms. The molecule has 2 heterocycles. The van der Waals surface area contributed by atoms with Gasteiger partial charge < -0.3 is 14.6 Å². The highest BCUT2D eigenvalue weighted by Crippen LogP contribution is 2.36. The number of hydrogen-bond donors (Lipinski definition) is 1. The summed E-state index contributed by atoms with van der Waals surface area (Å²) in [6, 6.07) is 5.48. The molecule has 1 aliphatic heterocycles. The number of fused-ring (bicyclic) bond motifs is 1. The van der Waals surface area contributed by atoms with Gasteiger partial charge >= 0.3 is 7.12 Å². The Morgan fingerprint density at radius 2 is 1.72 bits per heavy atom. The SMILES string of the molecule is CC(=O)Nc1nn(C(C)=O)c2ccc(B3OC(C)(C)C(C)(C)O3)cc12. The normalized spacial score (nSPS) is 18.6. The monoisotopic (exact) mass is 343 g/mol. The molecule has 25 heavy (non-hydrogen) atoms. The first-order valence-electron chi connectivity index (χ1n) is 8.19. The molecule has 0 spiro atoms. The predicted octanol–water partition coefficient (Wildman–Crippen LogP) is 1.95. The highest BCUT2D eigenvalue weighted by atomic mass is 16.7. The van der Waals surface area contributed by atoms with Crippen molar-refractivity contribution in [2.75, 3.05) is 5.32 Å². The van der Waals surface area contributed by atoms with Crippen molar-refractivity contribution in [2.45, 2.75) is 52.7 Å². The van der Waals surface area contributed by atoms with Crippen molar-refractivity contribution in [2.24, 2.45) is 0 Å². The minimum atomic E-state index is -0.528. The standard InChI is InChI=1S/C17H22BN3O4/c1-10(22)19-15-13-9-12(7-8-14(13)21(20-15)11(2)23)18-24-16(3,4)17(5,6)25-18/h7-9H,1-6H3,(H,19,20,22). The fourth-order valence-corrected chi connectivity index (χ4v) is 2.76. The van der Waals surface area contributed by atoms with Gasteiger partial charge in [-0.1, -0.05) is 6.07 Å². The van der Waals surface area contributed by atoms with Crippen LogP contribution in [0.25, 0.3) is 10.9 Å². The van der Waals surface area contributed by atoms with Gasteiger partial charge in [0, 0.05) is 19.2 Å². The van der Waals surface area contributed by atoms with Crippen molar-refractivity contribution in [3.8, 4) is 0 Å². The van der Waals surface area contributed by atoms with E-state index in [1.165, 1.54) is 18.5 Å². The van der Waals surface area contributed by atoms with Crippen LogP contribution in [0.2, 0.25) is 0 Å². The lowest BCUT2D eigenvalue weighted by atomic mass is 9.78. The van der Waals surface area contributed by atoms with Crippen molar-refractivity contribution >= 4 is 41.1 Å². The van der Waals surface area contributed by atoms with Gasteiger partial charge in [-0.3, -0.25) is 9.59 Å². The molecule has 7 nitrogen and oxygen atoms in total. The number of nitrogens with zero attached hydrogens (tertiary/aromatic N) is 2. The van der Waals surface area contributed by atoms with Gasteiger partial charge in [0.15, 0.2) is 5.82 Å². The molecule has 0 bridgehead atoms. The Labute approximate surface area is 146 Å². The summed E-state index contributed by atoms with van der Waals surface area (Å²) in [5.41, 5.74) is 0.533. The van der Waals surface area contributed by atoms with E-state index in [0.717, 1.165) is 5.46 Å². The summed E-state index contributed by atoms with van der Waals surface area (Å²) in [7, 11) is -0.528. The van der Waals surface area contributed by atoms with Gasteiger partial charge in [-0.2, -0.15) is 4.68 Å². The van der Waals surface area contributed by atoms with E-state index in [0.29, 0.717) is 16.7 Å². The molecule has 0 saturated carbocycles. The molecule has 1 fully saturated rings. The minimum absolute atomic E-state index is 0.231. The van der Waals surface area contributed by atoms with Crippen LogP contribution >= 0.6 is 0 Å². The lowest BCUT2D eigenvalue weighted by molar-refractivity contribution is -0.114. The third kappa shape index (κ3) is 2.96. The number of nitrogens with one attached hydrogen (secondary N) is 1. The topological polar surface area (TPSA) is 82.5 Å². The van der Waals surface area contributed by atoms with Crippen LogP contribution < -0.4 is 10.8 Å². The summed E-state index contributed by atoms with van der Waals surface area (Å²) in [6.45, 7) is 10.8. The van der Waals surface area contributed by atoms with E-state index in [1.54, 1.807) is 6.07 Å². The van der Waals surface area contributed by atoms with Crippen LogP contribution in [0.15, 0.2) is 18.2 Å². The molecule has 1 saturated heterocycles. The quantitative estimate of drug-likeness (QED) is 0.843. The van der Waals surface area contributed by atoms with Crippen LogP contribution in [-0.4, -0.2) is 39.9 Å². The van der Waals surface area contributed by atoms with Crippen molar-refractivity contribution < 1.29 is 18.9 Å². The molecule has 0 unspecified atom stereocenters. The Hall–Kier alpha value is -2.19. The smallest absolute Gasteiger partial charge is 0.399 e. The van der Waals surface area contributed by atoms with Gasteiger partial charge in [0.1, 0.15) is 0 Å². The number of aromatic nitrogens is 2. The number of carbonyl (C=O) groups excluding carboxylic acids is 2. The predicted molar refractivity (Wildman–Crippen MR) is 96.1 cm³/mol. The van der Waals surface area contributed by atoms with Crippen LogP contribution in [0.5, 0.6) is 0 Å². The Bertz CT molecular complexity index is 856. The summed E-state index contributed by atoms with van der Waals surface area (Å²) in [5.74, 6) is -0.141. The van der Waals surface area contributed by atoms with Crippen molar-refractivity contribution in [3.05, 3.63) is 18.2 Å². The third-order valence-corrected chi connectivity index (χ3v) is 4.82. The van der Waals surface area contributed by atoms with E-state index in [4.69, 9.17) is 9.31 Å². The molecule has 1 aliphatic rings. The Morgan fingerprint density at radius 1 is 1.12 bits per heavy atom. The van der Waals surface area contributed by atoms with Crippen molar-refractivity contribution in [3.63, 3.8) is 0 Å². The second kappa shape index (κ2) is 5.67. The largest absolute Gasteiger partial charge is 0.494 e. The summed E-state index contributed by atoms with van der Waals surface area (Å²) >= 11 is 0. The van der Waals surface area contributed by atoms with E-state index in [-0.39, 0.29) is 11.8 Å². The number of rotatable bonds is 2. The maximum absolute atomic E-state index is 11.8. The molecule has 0 atom stereocenters. The van der Waals surface area contributed by atoms with Crippen molar-refractivity contribution in [1.82, 2.24) is 9.78 Å². The van der Waals surface area contributed by atoms with Gasteiger partial charge in [0.2, 0.25) is 11.8 Å². The number of hydrogen-bond acceptors (Lipinski definition) is 5. The maximum Gasteiger partial charge on any atom is 0.494 e. The third-order valence-electron chi connectivity index (χ3n) is 4.82. The number of amides is 1. The van der Waals surface area contributed by atoms with E-state index in [1.807, 2.05) is 39.8 Å². The lowest BCUT2D eigenvalue weighted by Crippen LogP contribution is -2.41. The van der Waals surface area contributed by atoms with Gasteiger partial charge in [-0.15, -0.1) is 5.10 Å². The number of anilines is 1. The molecule has 3 rings (SSSR count). The summed E-state index contributed by atoms with van der Waals surface area (Å²) < 4.78 is 13.4. The Kier molecular flexibility index (Phi) is 4.00. The molecule has 1 N–H and O–H groups in total. The summed E-state index contributed by atoms with van der Waals surface area (Å²) in [5, 5.41) is 7.54. The maximum atomic E-state index is 11.8. The fourth-order valence-electron chi connectivity index (χ4n) is 2.76. The van der Waals surface area contributed by atoms with Gasteiger partial charge in [0.25, 0.3) is 0 Å². The second-order valence-electron chi connectivity index (χ2n) is 7.33. The fraction of sp³-hybridized carbons (Fsp3) is 0.471. The average molecular weight is 343 g/mol. The molecule has 2 aromatic rings. The summed E-state index contributed by atoms with van der Waals surface area (Å²) in [6.07, 6.45) is 0. The van der Waals surface area contributed by atoms with Crippen LogP contribution in [0.4, 0.5) is 5.82 Å². The molecule has 1 amide bonds. The molecular weight excluding hydrogens is 321 g/mol. The van der Waals surface area contributed by atoms with Crippen molar-refractivity contribution in [1.29, 1.82) is 0 Å².